The molecule has 0 saturated heterocycles. The normalized spacial score (nSPS) is 11.4. The average Bonchev–Trinajstić information content (AvgIpc) is 2.47. The summed E-state index contributed by atoms with van der Waals surface area (Å²) in [6.45, 7) is 5.00. The van der Waals surface area contributed by atoms with Gasteiger partial charge in [-0.2, -0.15) is 0 Å². The van der Waals surface area contributed by atoms with Crippen LogP contribution in [-0.2, 0) is 14.8 Å². The van der Waals surface area contributed by atoms with Gasteiger partial charge in [0.15, 0.2) is 0 Å². The molecule has 0 aliphatic heterocycles. The third-order valence-corrected chi connectivity index (χ3v) is 6.14. The van der Waals surface area contributed by atoms with Gasteiger partial charge in [-0.3, -0.25) is 9.10 Å². The first-order chi connectivity index (χ1) is 11.5. The molecule has 25 heavy (non-hydrogen) atoms. The van der Waals surface area contributed by atoms with Crippen LogP contribution in [0.15, 0.2) is 35.2 Å². The number of benzene rings is 2. The van der Waals surface area contributed by atoms with Crippen molar-refractivity contribution in [1.29, 1.82) is 0 Å². The predicted molar refractivity (Wildman–Crippen MR) is 101 cm³/mol. The van der Waals surface area contributed by atoms with Gasteiger partial charge in [0, 0.05) is 0 Å². The first-order valence-electron chi connectivity index (χ1n) is 7.38. The number of nitrogens with two attached hydrogens (primary N) is 1. The molecule has 8 heteroatoms. The van der Waals surface area contributed by atoms with Crippen molar-refractivity contribution in [2.24, 2.45) is 5.73 Å². The van der Waals surface area contributed by atoms with E-state index in [1.54, 1.807) is 13.8 Å². The minimum atomic E-state index is -4.06. The van der Waals surface area contributed by atoms with E-state index in [1.807, 2.05) is 19.1 Å². The summed E-state index contributed by atoms with van der Waals surface area (Å²) < 4.78 is 27.3. The van der Waals surface area contributed by atoms with Crippen molar-refractivity contribution >= 4 is 44.8 Å². The Morgan fingerprint density at radius 1 is 1.04 bits per heavy atom. The molecule has 0 atom stereocenters. The number of halogens is 2. The van der Waals surface area contributed by atoms with E-state index < -0.39 is 22.5 Å². The lowest BCUT2D eigenvalue weighted by Crippen LogP contribution is -2.39. The fourth-order valence-corrected chi connectivity index (χ4v) is 4.71. The minimum Gasteiger partial charge on any atom is -0.368 e. The molecule has 0 heterocycles. The van der Waals surface area contributed by atoms with Crippen LogP contribution in [0, 0.1) is 20.8 Å². The first-order valence-corrected chi connectivity index (χ1v) is 9.57. The predicted octanol–water partition coefficient (Wildman–Crippen LogP) is 3.60. The van der Waals surface area contributed by atoms with Crippen LogP contribution >= 0.6 is 23.2 Å². The smallest absolute Gasteiger partial charge is 0.264 e. The Morgan fingerprint density at radius 3 is 2.08 bits per heavy atom. The lowest BCUT2D eigenvalue weighted by molar-refractivity contribution is -0.116. The summed E-state index contributed by atoms with van der Waals surface area (Å²) in [6, 6.07) is 7.69. The molecule has 134 valence electrons. The molecular weight excluding hydrogens is 383 g/mol. The Kier molecular flexibility index (Phi) is 5.66. The van der Waals surface area contributed by atoms with E-state index in [4.69, 9.17) is 28.9 Å². The fourth-order valence-electron chi connectivity index (χ4n) is 2.76. The fraction of sp³-hybridized carbons (Fsp3) is 0.235. The number of amides is 1. The highest BCUT2D eigenvalue weighted by Crippen LogP contribution is 2.33. The highest BCUT2D eigenvalue weighted by Gasteiger charge is 2.29. The van der Waals surface area contributed by atoms with Crippen molar-refractivity contribution in [3.8, 4) is 0 Å². The van der Waals surface area contributed by atoms with Gasteiger partial charge in [-0.1, -0.05) is 40.9 Å². The number of hydrogen-bond donors (Lipinski definition) is 1. The van der Waals surface area contributed by atoms with Crippen LogP contribution in [0.2, 0.25) is 10.0 Å². The number of anilines is 1. The van der Waals surface area contributed by atoms with Crippen LogP contribution < -0.4 is 10.0 Å². The maximum atomic E-state index is 13.1. The van der Waals surface area contributed by atoms with Gasteiger partial charge >= 0.3 is 0 Å². The summed E-state index contributed by atoms with van der Waals surface area (Å²) in [5, 5.41) is 0.351. The summed E-state index contributed by atoms with van der Waals surface area (Å²) in [5.41, 5.74) is 8.16. The summed E-state index contributed by atoms with van der Waals surface area (Å²) in [4.78, 5) is 11.5. The second-order valence-electron chi connectivity index (χ2n) is 5.80. The standard InChI is InChI=1S/C17H18Cl2N2O3S/c1-10-6-11(2)17(12(3)7-10)21(9-16(20)22)25(23,24)13-4-5-14(18)15(19)8-13/h4-8H,9H2,1-3H3,(H2,20,22). The number of sulfonamides is 1. The molecule has 0 unspecified atom stereocenters. The highest BCUT2D eigenvalue weighted by atomic mass is 35.5. The SMILES string of the molecule is Cc1cc(C)c(N(CC(N)=O)S(=O)(=O)c2ccc(Cl)c(Cl)c2)c(C)c1. The Bertz CT molecular complexity index is 920. The Labute approximate surface area is 157 Å². The Balaban J connectivity index is 2.69. The number of carbonyl (C=O) groups is 1. The van der Waals surface area contributed by atoms with Crippen LogP contribution in [0.5, 0.6) is 0 Å². The molecule has 0 saturated carbocycles. The average molecular weight is 401 g/mol. The maximum absolute atomic E-state index is 13.1. The van der Waals surface area contributed by atoms with E-state index in [0.717, 1.165) is 21.0 Å². The van der Waals surface area contributed by atoms with E-state index in [-0.39, 0.29) is 14.9 Å². The summed E-state index contributed by atoms with van der Waals surface area (Å²) in [6.07, 6.45) is 0. The summed E-state index contributed by atoms with van der Waals surface area (Å²) in [5.74, 6) is -0.761. The van der Waals surface area contributed by atoms with Crippen molar-refractivity contribution in [3.63, 3.8) is 0 Å². The van der Waals surface area contributed by atoms with E-state index in [1.165, 1.54) is 18.2 Å². The van der Waals surface area contributed by atoms with Gasteiger partial charge in [0.1, 0.15) is 6.54 Å². The quantitative estimate of drug-likeness (QED) is 0.831. The molecule has 2 rings (SSSR count). The van der Waals surface area contributed by atoms with Gasteiger partial charge in [-0.05, 0) is 50.1 Å². The van der Waals surface area contributed by atoms with E-state index in [0.29, 0.717) is 5.69 Å². The van der Waals surface area contributed by atoms with Gasteiger partial charge in [0.05, 0.1) is 20.6 Å². The van der Waals surface area contributed by atoms with Crippen molar-refractivity contribution in [1.82, 2.24) is 0 Å². The van der Waals surface area contributed by atoms with Crippen molar-refractivity contribution < 1.29 is 13.2 Å². The van der Waals surface area contributed by atoms with Crippen molar-refractivity contribution in [2.45, 2.75) is 25.7 Å². The Hall–Kier alpha value is -1.76. The van der Waals surface area contributed by atoms with Gasteiger partial charge < -0.3 is 5.73 Å². The monoisotopic (exact) mass is 400 g/mol. The molecule has 2 aromatic rings. The van der Waals surface area contributed by atoms with Crippen LogP contribution in [-0.4, -0.2) is 20.9 Å². The first kappa shape index (κ1) is 19.6. The summed E-state index contributed by atoms with van der Waals surface area (Å²) >= 11 is 11.8. The molecule has 1 amide bonds. The number of aryl methyl sites for hydroxylation is 3. The lowest BCUT2D eigenvalue weighted by atomic mass is 10.1. The molecule has 0 bridgehead atoms. The molecule has 0 radical (unpaired) electrons. The van der Waals surface area contributed by atoms with Gasteiger partial charge in [-0.15, -0.1) is 0 Å². The topological polar surface area (TPSA) is 80.5 Å². The highest BCUT2D eigenvalue weighted by molar-refractivity contribution is 7.92. The number of primary amides is 1. The lowest BCUT2D eigenvalue weighted by Gasteiger charge is -2.27. The summed E-state index contributed by atoms with van der Waals surface area (Å²) in [7, 11) is -4.06. The number of rotatable bonds is 5. The zero-order valence-electron chi connectivity index (χ0n) is 14.0. The van der Waals surface area contributed by atoms with Crippen molar-refractivity contribution in [2.75, 3.05) is 10.8 Å². The molecular formula is C17H18Cl2N2O3S. The van der Waals surface area contributed by atoms with Crippen LogP contribution in [0.4, 0.5) is 5.69 Å². The minimum absolute atomic E-state index is 0.0671. The van der Waals surface area contributed by atoms with Crippen LogP contribution in [0.25, 0.3) is 0 Å². The van der Waals surface area contributed by atoms with E-state index in [2.05, 4.69) is 0 Å². The van der Waals surface area contributed by atoms with Crippen LogP contribution in [0.1, 0.15) is 16.7 Å². The Morgan fingerprint density at radius 2 is 1.60 bits per heavy atom. The zero-order valence-corrected chi connectivity index (χ0v) is 16.3. The third kappa shape index (κ3) is 4.08. The van der Waals surface area contributed by atoms with Crippen LogP contribution in [0.3, 0.4) is 0 Å². The molecule has 2 N–H and O–H groups in total. The number of nitrogens with zero attached hydrogens (tertiary/aromatic N) is 1. The van der Waals surface area contributed by atoms with Crippen molar-refractivity contribution in [3.05, 3.63) is 57.1 Å². The second-order valence-corrected chi connectivity index (χ2v) is 8.48. The molecule has 0 fully saturated rings. The molecule has 0 aliphatic rings. The molecule has 5 nitrogen and oxygen atoms in total. The molecule has 0 spiro atoms. The number of carbonyl (C=O) groups excluding carboxylic acids is 1. The van der Waals surface area contributed by atoms with Gasteiger partial charge in [0.25, 0.3) is 10.0 Å². The molecule has 0 aliphatic carbocycles. The second kappa shape index (κ2) is 7.23. The largest absolute Gasteiger partial charge is 0.368 e. The maximum Gasteiger partial charge on any atom is 0.264 e. The van der Waals surface area contributed by atoms with E-state index in [9.17, 15) is 13.2 Å². The third-order valence-electron chi connectivity index (χ3n) is 3.66. The van der Waals surface area contributed by atoms with Gasteiger partial charge in [0.2, 0.25) is 5.91 Å². The molecule has 2 aromatic carbocycles. The zero-order chi connectivity index (χ0) is 18.9. The number of hydrogen-bond acceptors (Lipinski definition) is 3. The van der Waals surface area contributed by atoms with Gasteiger partial charge in [-0.25, -0.2) is 8.42 Å². The van der Waals surface area contributed by atoms with E-state index >= 15 is 0 Å². The molecule has 0 aromatic heterocycles.